The topological polar surface area (TPSA) is 24.5 Å². The van der Waals surface area contributed by atoms with E-state index in [1.54, 1.807) is 0 Å². The molecule has 0 aromatic heterocycles. The van der Waals surface area contributed by atoms with Crippen molar-refractivity contribution in [2.45, 2.75) is 59.5 Å². The standard InChI is InChI=1S/C18H32N2O/c1-6-9-12-20(5)17-11-10-16(13-18(17)21-8-3)14-19-15(4)7-2/h10-11,13,15,19H,6-9,12,14H2,1-5H3. The summed E-state index contributed by atoms with van der Waals surface area (Å²) in [6.07, 6.45) is 3.57. The molecule has 1 atom stereocenters. The van der Waals surface area contributed by atoms with E-state index < -0.39 is 0 Å². The third kappa shape index (κ3) is 5.96. The second kappa shape index (κ2) is 9.67. The Morgan fingerprint density at radius 2 is 2.00 bits per heavy atom. The van der Waals surface area contributed by atoms with E-state index in [0.717, 1.165) is 25.3 Å². The first-order chi connectivity index (χ1) is 10.1. The fourth-order valence-electron chi connectivity index (χ4n) is 2.21. The van der Waals surface area contributed by atoms with Gasteiger partial charge in [0.1, 0.15) is 5.75 Å². The molecule has 0 saturated carbocycles. The summed E-state index contributed by atoms with van der Waals surface area (Å²) in [5.74, 6) is 1.000. The molecule has 0 aliphatic rings. The first-order valence-electron chi connectivity index (χ1n) is 8.32. The summed E-state index contributed by atoms with van der Waals surface area (Å²) in [4.78, 5) is 2.29. The zero-order chi connectivity index (χ0) is 15.7. The van der Waals surface area contributed by atoms with Gasteiger partial charge in [-0.3, -0.25) is 0 Å². The summed E-state index contributed by atoms with van der Waals surface area (Å²) in [7, 11) is 2.14. The Bertz CT molecular complexity index is 406. The van der Waals surface area contributed by atoms with Crippen LogP contribution < -0.4 is 15.0 Å². The lowest BCUT2D eigenvalue weighted by Crippen LogP contribution is -2.24. The highest BCUT2D eigenvalue weighted by atomic mass is 16.5. The zero-order valence-electron chi connectivity index (χ0n) is 14.4. The Kier molecular flexibility index (Phi) is 8.21. The van der Waals surface area contributed by atoms with Gasteiger partial charge in [0.25, 0.3) is 0 Å². The van der Waals surface area contributed by atoms with Crippen LogP contribution in [0.15, 0.2) is 18.2 Å². The summed E-state index contributed by atoms with van der Waals surface area (Å²) in [5.41, 5.74) is 2.48. The Morgan fingerprint density at radius 3 is 2.62 bits per heavy atom. The largest absolute Gasteiger partial charge is 0.492 e. The van der Waals surface area contributed by atoms with Crippen molar-refractivity contribution in [1.82, 2.24) is 5.32 Å². The third-order valence-electron chi connectivity index (χ3n) is 3.85. The van der Waals surface area contributed by atoms with Gasteiger partial charge in [-0.05, 0) is 44.4 Å². The van der Waals surface area contributed by atoms with E-state index in [4.69, 9.17) is 4.74 Å². The average Bonchev–Trinajstić information content (AvgIpc) is 2.50. The van der Waals surface area contributed by atoms with E-state index in [2.05, 4.69) is 56.2 Å². The molecule has 0 saturated heterocycles. The molecule has 3 nitrogen and oxygen atoms in total. The zero-order valence-corrected chi connectivity index (χ0v) is 14.4. The maximum Gasteiger partial charge on any atom is 0.142 e. The smallest absolute Gasteiger partial charge is 0.142 e. The highest BCUT2D eigenvalue weighted by Gasteiger charge is 2.10. The normalized spacial score (nSPS) is 12.2. The Labute approximate surface area is 130 Å². The predicted molar refractivity (Wildman–Crippen MR) is 92.4 cm³/mol. The van der Waals surface area contributed by atoms with E-state index in [0.29, 0.717) is 12.6 Å². The number of unbranched alkanes of at least 4 members (excludes halogenated alkanes) is 1. The maximum absolute atomic E-state index is 5.84. The second-order valence-electron chi connectivity index (χ2n) is 5.70. The number of ether oxygens (including phenoxy) is 1. The van der Waals surface area contributed by atoms with Crippen LogP contribution in [0.2, 0.25) is 0 Å². The lowest BCUT2D eigenvalue weighted by molar-refractivity contribution is 0.340. The molecular weight excluding hydrogens is 260 g/mol. The van der Waals surface area contributed by atoms with Gasteiger partial charge >= 0.3 is 0 Å². The average molecular weight is 292 g/mol. The summed E-state index contributed by atoms with van der Waals surface area (Å²) in [5, 5.41) is 3.53. The van der Waals surface area contributed by atoms with Crippen molar-refractivity contribution in [2.24, 2.45) is 0 Å². The van der Waals surface area contributed by atoms with Crippen molar-refractivity contribution in [3.63, 3.8) is 0 Å². The Hall–Kier alpha value is -1.22. The van der Waals surface area contributed by atoms with E-state index in [9.17, 15) is 0 Å². The number of anilines is 1. The van der Waals surface area contributed by atoms with Gasteiger partial charge in [-0.2, -0.15) is 0 Å². The summed E-state index contributed by atoms with van der Waals surface area (Å²) in [6.45, 7) is 11.4. The molecule has 0 aliphatic carbocycles. The van der Waals surface area contributed by atoms with Crippen molar-refractivity contribution >= 4 is 5.69 Å². The van der Waals surface area contributed by atoms with Crippen LogP contribution in [-0.4, -0.2) is 26.2 Å². The van der Waals surface area contributed by atoms with Crippen LogP contribution >= 0.6 is 0 Å². The SMILES string of the molecule is CCCCN(C)c1ccc(CNC(C)CC)cc1OCC. The minimum Gasteiger partial charge on any atom is -0.492 e. The summed E-state index contributed by atoms with van der Waals surface area (Å²) >= 11 is 0. The highest BCUT2D eigenvalue weighted by Crippen LogP contribution is 2.29. The Morgan fingerprint density at radius 1 is 1.24 bits per heavy atom. The van der Waals surface area contributed by atoms with Crippen LogP contribution in [0.5, 0.6) is 5.75 Å². The van der Waals surface area contributed by atoms with Gasteiger partial charge in [-0.15, -0.1) is 0 Å². The fourth-order valence-corrected chi connectivity index (χ4v) is 2.21. The molecule has 1 rings (SSSR count). The molecule has 120 valence electrons. The van der Waals surface area contributed by atoms with Gasteiger partial charge in [0.15, 0.2) is 0 Å². The van der Waals surface area contributed by atoms with Crippen LogP contribution in [0.4, 0.5) is 5.69 Å². The lowest BCUT2D eigenvalue weighted by Gasteiger charge is -2.23. The monoisotopic (exact) mass is 292 g/mol. The van der Waals surface area contributed by atoms with Crippen LogP contribution in [0.1, 0.15) is 52.5 Å². The summed E-state index contributed by atoms with van der Waals surface area (Å²) in [6, 6.07) is 7.12. The minimum atomic E-state index is 0.549. The van der Waals surface area contributed by atoms with Gasteiger partial charge in [0, 0.05) is 26.2 Å². The van der Waals surface area contributed by atoms with Crippen molar-refractivity contribution in [3.8, 4) is 5.75 Å². The van der Waals surface area contributed by atoms with E-state index in [1.165, 1.54) is 24.1 Å². The molecule has 0 spiro atoms. The van der Waals surface area contributed by atoms with Gasteiger partial charge in [-0.1, -0.05) is 26.3 Å². The molecule has 1 aromatic carbocycles. The molecular formula is C18H32N2O. The Balaban J connectivity index is 2.80. The van der Waals surface area contributed by atoms with E-state index >= 15 is 0 Å². The van der Waals surface area contributed by atoms with Crippen molar-refractivity contribution in [1.29, 1.82) is 0 Å². The quantitative estimate of drug-likeness (QED) is 0.699. The second-order valence-corrected chi connectivity index (χ2v) is 5.70. The van der Waals surface area contributed by atoms with Crippen LogP contribution in [0.3, 0.4) is 0 Å². The fraction of sp³-hybridized carbons (Fsp3) is 0.667. The van der Waals surface area contributed by atoms with Gasteiger partial charge in [0.2, 0.25) is 0 Å². The minimum absolute atomic E-state index is 0.549. The number of hydrogen-bond donors (Lipinski definition) is 1. The predicted octanol–water partition coefficient (Wildman–Crippen LogP) is 4.21. The molecule has 1 aromatic rings. The summed E-state index contributed by atoms with van der Waals surface area (Å²) < 4.78 is 5.84. The number of nitrogens with zero attached hydrogens (tertiary/aromatic N) is 1. The molecule has 0 bridgehead atoms. The highest BCUT2D eigenvalue weighted by molar-refractivity contribution is 5.59. The molecule has 0 aliphatic heterocycles. The first-order valence-corrected chi connectivity index (χ1v) is 8.32. The maximum atomic E-state index is 5.84. The molecule has 0 fully saturated rings. The lowest BCUT2D eigenvalue weighted by atomic mass is 10.1. The van der Waals surface area contributed by atoms with E-state index in [1.807, 2.05) is 6.92 Å². The van der Waals surface area contributed by atoms with Crippen LogP contribution in [-0.2, 0) is 6.54 Å². The third-order valence-corrected chi connectivity index (χ3v) is 3.85. The molecule has 0 amide bonds. The van der Waals surface area contributed by atoms with E-state index in [-0.39, 0.29) is 0 Å². The van der Waals surface area contributed by atoms with Crippen molar-refractivity contribution in [2.75, 3.05) is 25.1 Å². The molecule has 1 unspecified atom stereocenters. The van der Waals surface area contributed by atoms with Crippen LogP contribution in [0.25, 0.3) is 0 Å². The van der Waals surface area contributed by atoms with Gasteiger partial charge in [0.05, 0.1) is 12.3 Å². The number of rotatable bonds is 10. The molecule has 0 radical (unpaired) electrons. The van der Waals surface area contributed by atoms with Gasteiger partial charge in [-0.25, -0.2) is 0 Å². The molecule has 3 heteroatoms. The first kappa shape index (κ1) is 17.8. The van der Waals surface area contributed by atoms with Gasteiger partial charge < -0.3 is 15.0 Å². The number of benzene rings is 1. The van der Waals surface area contributed by atoms with Crippen LogP contribution in [0, 0.1) is 0 Å². The number of hydrogen-bond acceptors (Lipinski definition) is 3. The number of nitrogens with one attached hydrogen (secondary N) is 1. The molecule has 21 heavy (non-hydrogen) atoms. The molecule has 1 N–H and O–H groups in total. The van der Waals surface area contributed by atoms with Crippen molar-refractivity contribution < 1.29 is 4.74 Å². The molecule has 0 heterocycles. The van der Waals surface area contributed by atoms with Crippen molar-refractivity contribution in [3.05, 3.63) is 23.8 Å².